The largest absolute Gasteiger partial charge is 0.483 e. The molecular formula is C13H14N4O2. The van der Waals surface area contributed by atoms with Crippen molar-refractivity contribution in [3.05, 3.63) is 48.3 Å². The molecule has 19 heavy (non-hydrogen) atoms. The number of hydrogen-bond donors (Lipinski definition) is 2. The number of nitrogens with one attached hydrogen (secondary N) is 1. The Kier molecular flexibility index (Phi) is 4.41. The Morgan fingerprint density at radius 2 is 1.95 bits per heavy atom. The van der Waals surface area contributed by atoms with Gasteiger partial charge in [-0.25, -0.2) is 9.97 Å². The van der Waals surface area contributed by atoms with Gasteiger partial charge in [0.2, 0.25) is 5.95 Å². The summed E-state index contributed by atoms with van der Waals surface area (Å²) in [6.07, 6.45) is 3.10. The van der Waals surface area contributed by atoms with Gasteiger partial charge in [0.25, 0.3) is 5.91 Å². The van der Waals surface area contributed by atoms with Crippen LogP contribution in [0.15, 0.2) is 42.7 Å². The van der Waals surface area contributed by atoms with Gasteiger partial charge < -0.3 is 10.5 Å². The third kappa shape index (κ3) is 3.75. The third-order valence-corrected chi connectivity index (χ3v) is 2.37. The highest BCUT2D eigenvalue weighted by atomic mass is 16.5. The topological polar surface area (TPSA) is 90.1 Å². The number of para-hydroxylation sites is 1. The SMILES string of the molecule is NCc1ccccc1OCC(=O)Nc1ncccn1. The predicted molar refractivity (Wildman–Crippen MR) is 70.5 cm³/mol. The maximum atomic E-state index is 11.6. The number of nitrogens with two attached hydrogens (primary N) is 1. The number of nitrogens with zero attached hydrogens (tertiary/aromatic N) is 2. The van der Waals surface area contributed by atoms with Gasteiger partial charge in [-0.3, -0.25) is 10.1 Å². The van der Waals surface area contributed by atoms with Gasteiger partial charge in [-0.1, -0.05) is 18.2 Å². The first-order valence-electron chi connectivity index (χ1n) is 5.77. The van der Waals surface area contributed by atoms with Crippen LogP contribution in [0.5, 0.6) is 5.75 Å². The van der Waals surface area contributed by atoms with Crippen LogP contribution in [0.3, 0.4) is 0 Å². The summed E-state index contributed by atoms with van der Waals surface area (Å²) in [7, 11) is 0. The highest BCUT2D eigenvalue weighted by Crippen LogP contribution is 2.16. The van der Waals surface area contributed by atoms with E-state index in [9.17, 15) is 4.79 Å². The lowest BCUT2D eigenvalue weighted by molar-refractivity contribution is -0.118. The summed E-state index contributed by atoms with van der Waals surface area (Å²) in [6, 6.07) is 8.99. The van der Waals surface area contributed by atoms with Gasteiger partial charge in [0.15, 0.2) is 6.61 Å². The second-order valence-electron chi connectivity index (χ2n) is 3.72. The standard InChI is InChI=1S/C13H14N4O2/c14-8-10-4-1-2-5-11(10)19-9-12(18)17-13-15-6-3-7-16-13/h1-7H,8-9,14H2,(H,15,16,17,18). The van der Waals surface area contributed by atoms with Crippen molar-refractivity contribution in [3.63, 3.8) is 0 Å². The van der Waals surface area contributed by atoms with Crippen LogP contribution in [0.4, 0.5) is 5.95 Å². The lowest BCUT2D eigenvalue weighted by atomic mass is 10.2. The van der Waals surface area contributed by atoms with Crippen LogP contribution >= 0.6 is 0 Å². The van der Waals surface area contributed by atoms with Crippen molar-refractivity contribution < 1.29 is 9.53 Å². The van der Waals surface area contributed by atoms with Gasteiger partial charge in [-0.15, -0.1) is 0 Å². The average molecular weight is 258 g/mol. The molecular weight excluding hydrogens is 244 g/mol. The van der Waals surface area contributed by atoms with Gasteiger partial charge in [-0.2, -0.15) is 0 Å². The molecule has 3 N–H and O–H groups in total. The number of carbonyl (C=O) groups is 1. The number of amides is 1. The van der Waals surface area contributed by atoms with Crippen molar-refractivity contribution in [1.29, 1.82) is 0 Å². The minimum atomic E-state index is -0.321. The summed E-state index contributed by atoms with van der Waals surface area (Å²) in [5.41, 5.74) is 6.43. The molecule has 0 aliphatic rings. The normalized spacial score (nSPS) is 9.95. The number of anilines is 1. The van der Waals surface area contributed by atoms with Crippen LogP contribution in [0, 0.1) is 0 Å². The van der Waals surface area contributed by atoms with Crippen LogP contribution in [0.25, 0.3) is 0 Å². The maximum Gasteiger partial charge on any atom is 0.264 e. The van der Waals surface area contributed by atoms with Crippen molar-refractivity contribution in [2.75, 3.05) is 11.9 Å². The smallest absolute Gasteiger partial charge is 0.264 e. The number of carbonyl (C=O) groups excluding carboxylic acids is 1. The Bertz CT molecular complexity index is 545. The lowest BCUT2D eigenvalue weighted by Gasteiger charge is -2.09. The Hall–Kier alpha value is -2.47. The predicted octanol–water partition coefficient (Wildman–Crippen LogP) is 0.953. The fourth-order valence-electron chi connectivity index (χ4n) is 1.48. The van der Waals surface area contributed by atoms with Crippen LogP contribution in [0.2, 0.25) is 0 Å². The van der Waals surface area contributed by atoms with E-state index in [1.54, 1.807) is 24.5 Å². The maximum absolute atomic E-state index is 11.6. The molecule has 1 heterocycles. The quantitative estimate of drug-likeness (QED) is 0.833. The van der Waals surface area contributed by atoms with Crippen LogP contribution in [-0.4, -0.2) is 22.5 Å². The zero-order valence-corrected chi connectivity index (χ0v) is 10.2. The number of ether oxygens (including phenoxy) is 1. The van der Waals surface area contributed by atoms with E-state index in [-0.39, 0.29) is 18.5 Å². The van der Waals surface area contributed by atoms with Crippen molar-refractivity contribution in [3.8, 4) is 5.75 Å². The Morgan fingerprint density at radius 1 is 1.21 bits per heavy atom. The molecule has 0 aliphatic heterocycles. The van der Waals surface area contributed by atoms with Gasteiger partial charge in [-0.05, 0) is 12.1 Å². The molecule has 6 nitrogen and oxygen atoms in total. The molecule has 2 rings (SSSR count). The first-order valence-corrected chi connectivity index (χ1v) is 5.77. The van der Waals surface area contributed by atoms with Gasteiger partial charge in [0, 0.05) is 24.5 Å². The summed E-state index contributed by atoms with van der Waals surface area (Å²) < 4.78 is 5.41. The van der Waals surface area contributed by atoms with E-state index >= 15 is 0 Å². The number of rotatable bonds is 5. The molecule has 2 aromatic rings. The molecule has 98 valence electrons. The molecule has 0 radical (unpaired) electrons. The van der Waals surface area contributed by atoms with Crippen molar-refractivity contribution in [1.82, 2.24) is 9.97 Å². The zero-order valence-electron chi connectivity index (χ0n) is 10.2. The molecule has 0 bridgehead atoms. The number of hydrogen-bond acceptors (Lipinski definition) is 5. The van der Waals surface area contributed by atoms with E-state index in [2.05, 4.69) is 15.3 Å². The number of aromatic nitrogens is 2. The average Bonchev–Trinajstić information content (AvgIpc) is 2.46. The lowest BCUT2D eigenvalue weighted by Crippen LogP contribution is -2.21. The van der Waals surface area contributed by atoms with Crippen molar-refractivity contribution >= 4 is 11.9 Å². The third-order valence-electron chi connectivity index (χ3n) is 2.37. The Balaban J connectivity index is 1.90. The molecule has 0 spiro atoms. The fourth-order valence-corrected chi connectivity index (χ4v) is 1.48. The van der Waals surface area contributed by atoms with Gasteiger partial charge >= 0.3 is 0 Å². The van der Waals surface area contributed by atoms with Crippen LogP contribution in [-0.2, 0) is 11.3 Å². The number of benzene rings is 1. The van der Waals surface area contributed by atoms with Crippen LogP contribution in [0.1, 0.15) is 5.56 Å². The molecule has 0 unspecified atom stereocenters. The highest BCUT2D eigenvalue weighted by molar-refractivity contribution is 5.90. The molecule has 0 aliphatic carbocycles. The summed E-state index contributed by atoms with van der Waals surface area (Å²) >= 11 is 0. The van der Waals surface area contributed by atoms with Crippen molar-refractivity contribution in [2.45, 2.75) is 6.54 Å². The monoisotopic (exact) mass is 258 g/mol. The zero-order chi connectivity index (χ0) is 13.5. The molecule has 0 saturated heterocycles. The summed E-state index contributed by atoms with van der Waals surface area (Å²) in [5.74, 6) is 0.537. The van der Waals surface area contributed by atoms with E-state index < -0.39 is 0 Å². The Morgan fingerprint density at radius 3 is 2.68 bits per heavy atom. The fraction of sp³-hybridized carbons (Fsp3) is 0.154. The highest BCUT2D eigenvalue weighted by Gasteiger charge is 2.07. The second-order valence-corrected chi connectivity index (χ2v) is 3.72. The van der Waals surface area contributed by atoms with E-state index in [1.807, 2.05) is 18.2 Å². The summed E-state index contributed by atoms with van der Waals surface area (Å²) in [4.78, 5) is 19.4. The molecule has 1 amide bonds. The van der Waals surface area contributed by atoms with Gasteiger partial charge in [0.05, 0.1) is 0 Å². The molecule has 1 aromatic carbocycles. The first-order chi connectivity index (χ1) is 9.29. The minimum absolute atomic E-state index is 0.116. The van der Waals surface area contributed by atoms with E-state index in [0.717, 1.165) is 5.56 Å². The summed E-state index contributed by atoms with van der Waals surface area (Å²) in [5, 5.41) is 2.53. The van der Waals surface area contributed by atoms with Gasteiger partial charge in [0.1, 0.15) is 5.75 Å². The minimum Gasteiger partial charge on any atom is -0.483 e. The molecule has 0 atom stereocenters. The second kappa shape index (κ2) is 6.46. The molecule has 6 heteroatoms. The molecule has 1 aromatic heterocycles. The van der Waals surface area contributed by atoms with E-state index in [1.165, 1.54) is 0 Å². The summed E-state index contributed by atoms with van der Waals surface area (Å²) in [6.45, 7) is 0.245. The van der Waals surface area contributed by atoms with E-state index in [4.69, 9.17) is 10.5 Å². The van der Waals surface area contributed by atoms with E-state index in [0.29, 0.717) is 12.3 Å². The first kappa shape index (κ1) is 13.0. The molecule has 0 saturated carbocycles. The molecule has 0 fully saturated rings. The van der Waals surface area contributed by atoms with Crippen molar-refractivity contribution in [2.24, 2.45) is 5.73 Å². The van der Waals surface area contributed by atoms with Crippen LogP contribution < -0.4 is 15.8 Å². The Labute approximate surface area is 110 Å².